The van der Waals surface area contributed by atoms with Crippen molar-refractivity contribution in [1.29, 1.82) is 0 Å². The van der Waals surface area contributed by atoms with E-state index in [1.807, 2.05) is 20.8 Å². The van der Waals surface area contributed by atoms with Crippen molar-refractivity contribution in [2.75, 3.05) is 0 Å². The second-order valence-electron chi connectivity index (χ2n) is 4.79. The van der Waals surface area contributed by atoms with E-state index in [9.17, 15) is 4.79 Å². The molecule has 15 heavy (non-hydrogen) atoms. The summed E-state index contributed by atoms with van der Waals surface area (Å²) < 4.78 is 1.66. The van der Waals surface area contributed by atoms with Crippen LogP contribution in [0.15, 0.2) is 12.7 Å². The van der Waals surface area contributed by atoms with E-state index in [-0.39, 0.29) is 17.2 Å². The molecule has 0 aliphatic carbocycles. The molecule has 0 fully saturated rings. The molecular formula is C11H19N3O. The summed E-state index contributed by atoms with van der Waals surface area (Å²) in [5, 5.41) is 4.05. The van der Waals surface area contributed by atoms with Gasteiger partial charge in [0.2, 0.25) is 0 Å². The van der Waals surface area contributed by atoms with Crippen molar-refractivity contribution in [3.05, 3.63) is 12.7 Å². The fourth-order valence-corrected chi connectivity index (χ4v) is 1.54. The van der Waals surface area contributed by atoms with Crippen molar-refractivity contribution in [1.82, 2.24) is 14.8 Å². The zero-order valence-electron chi connectivity index (χ0n) is 9.90. The van der Waals surface area contributed by atoms with Crippen LogP contribution in [0, 0.1) is 5.41 Å². The van der Waals surface area contributed by atoms with Crippen molar-refractivity contribution in [3.8, 4) is 0 Å². The summed E-state index contributed by atoms with van der Waals surface area (Å²) >= 11 is 0. The van der Waals surface area contributed by atoms with Crippen LogP contribution in [-0.4, -0.2) is 20.5 Å². The van der Waals surface area contributed by atoms with Crippen LogP contribution in [0.1, 0.15) is 46.6 Å². The summed E-state index contributed by atoms with van der Waals surface area (Å²) in [5.74, 6) is 0.217. The predicted octanol–water partition coefficient (Wildman–Crippen LogP) is 2.23. The van der Waals surface area contributed by atoms with Gasteiger partial charge in [-0.3, -0.25) is 4.79 Å². The third-order valence-corrected chi connectivity index (χ3v) is 2.36. The van der Waals surface area contributed by atoms with Gasteiger partial charge in [0, 0.05) is 5.41 Å². The number of nitrogens with zero attached hydrogens (tertiary/aromatic N) is 3. The van der Waals surface area contributed by atoms with Gasteiger partial charge in [-0.05, 0) is 6.42 Å². The molecule has 0 aliphatic heterocycles. The lowest BCUT2D eigenvalue weighted by Gasteiger charge is -2.24. The smallest absolute Gasteiger partial charge is 0.162 e. The highest BCUT2D eigenvalue weighted by Crippen LogP contribution is 2.25. The third kappa shape index (κ3) is 2.88. The van der Waals surface area contributed by atoms with Crippen molar-refractivity contribution < 1.29 is 4.79 Å². The molecule has 1 atom stereocenters. The molecule has 4 heteroatoms. The summed E-state index contributed by atoms with van der Waals surface area (Å²) in [5.41, 5.74) is -0.328. The summed E-state index contributed by atoms with van der Waals surface area (Å²) in [6.45, 7) is 7.89. The van der Waals surface area contributed by atoms with Gasteiger partial charge in [-0.25, -0.2) is 9.67 Å². The number of hydrogen-bond donors (Lipinski definition) is 0. The van der Waals surface area contributed by atoms with Crippen LogP contribution in [0.3, 0.4) is 0 Å². The van der Waals surface area contributed by atoms with Crippen LogP contribution >= 0.6 is 0 Å². The minimum absolute atomic E-state index is 0.169. The van der Waals surface area contributed by atoms with Crippen LogP contribution < -0.4 is 0 Å². The molecule has 1 aromatic rings. The van der Waals surface area contributed by atoms with Crippen molar-refractivity contribution >= 4 is 5.78 Å². The Morgan fingerprint density at radius 3 is 2.53 bits per heavy atom. The Balaban J connectivity index is 2.89. The molecule has 84 valence electrons. The molecule has 1 unspecified atom stereocenters. The van der Waals surface area contributed by atoms with Gasteiger partial charge in [0.25, 0.3) is 0 Å². The van der Waals surface area contributed by atoms with E-state index in [1.54, 1.807) is 11.0 Å². The van der Waals surface area contributed by atoms with Crippen molar-refractivity contribution in [2.45, 2.75) is 46.6 Å². The normalized spacial score (nSPS) is 13.9. The monoisotopic (exact) mass is 209 g/mol. The van der Waals surface area contributed by atoms with Gasteiger partial charge in [-0.15, -0.1) is 0 Å². The summed E-state index contributed by atoms with van der Waals surface area (Å²) in [6.07, 6.45) is 4.87. The minimum Gasteiger partial charge on any atom is -0.297 e. The molecular weight excluding hydrogens is 190 g/mol. The standard InChI is InChI=1S/C11H19N3O/c1-5-6-9(10(15)11(2,3)4)14-8-12-7-13-14/h7-9H,5-6H2,1-4H3. The number of ketones is 1. The molecule has 0 amide bonds. The highest BCUT2D eigenvalue weighted by molar-refractivity contribution is 5.87. The third-order valence-electron chi connectivity index (χ3n) is 2.36. The van der Waals surface area contributed by atoms with Crippen LogP contribution in [0.25, 0.3) is 0 Å². The van der Waals surface area contributed by atoms with E-state index in [4.69, 9.17) is 0 Å². The van der Waals surface area contributed by atoms with Crippen molar-refractivity contribution in [3.63, 3.8) is 0 Å². The number of carbonyl (C=O) groups is 1. The van der Waals surface area contributed by atoms with Gasteiger partial charge >= 0.3 is 0 Å². The fourth-order valence-electron chi connectivity index (χ4n) is 1.54. The van der Waals surface area contributed by atoms with E-state index in [0.717, 1.165) is 12.8 Å². The Hall–Kier alpha value is -1.19. The fraction of sp³-hybridized carbons (Fsp3) is 0.727. The first-order valence-electron chi connectivity index (χ1n) is 5.35. The second-order valence-corrected chi connectivity index (χ2v) is 4.79. The maximum atomic E-state index is 12.2. The largest absolute Gasteiger partial charge is 0.297 e. The molecule has 0 N–H and O–H groups in total. The molecule has 1 aromatic heterocycles. The van der Waals surface area contributed by atoms with Gasteiger partial charge < -0.3 is 0 Å². The zero-order chi connectivity index (χ0) is 11.5. The maximum Gasteiger partial charge on any atom is 0.162 e. The molecule has 0 spiro atoms. The zero-order valence-corrected chi connectivity index (χ0v) is 9.90. The van der Waals surface area contributed by atoms with Gasteiger partial charge in [0.1, 0.15) is 18.7 Å². The number of aromatic nitrogens is 3. The second kappa shape index (κ2) is 4.55. The Bertz CT molecular complexity index is 311. The van der Waals surface area contributed by atoms with Crippen LogP contribution in [0.4, 0.5) is 0 Å². The van der Waals surface area contributed by atoms with Gasteiger partial charge in [-0.2, -0.15) is 5.10 Å². The van der Waals surface area contributed by atoms with E-state index in [2.05, 4.69) is 17.0 Å². The summed E-state index contributed by atoms with van der Waals surface area (Å²) in [6, 6.07) is -0.169. The molecule has 4 nitrogen and oxygen atoms in total. The molecule has 1 rings (SSSR count). The highest BCUT2D eigenvalue weighted by Gasteiger charge is 2.30. The number of Topliss-reactive ketones (excluding diaryl/α,β-unsaturated/α-hetero) is 1. The van der Waals surface area contributed by atoms with Gasteiger partial charge in [-0.1, -0.05) is 34.1 Å². The Kier molecular flexibility index (Phi) is 3.61. The van der Waals surface area contributed by atoms with Crippen LogP contribution in [-0.2, 0) is 4.79 Å². The number of hydrogen-bond acceptors (Lipinski definition) is 3. The Labute approximate surface area is 90.7 Å². The number of rotatable bonds is 4. The molecule has 0 saturated carbocycles. The molecule has 0 aliphatic rings. The van der Waals surface area contributed by atoms with E-state index in [0.29, 0.717) is 0 Å². The topological polar surface area (TPSA) is 47.8 Å². The van der Waals surface area contributed by atoms with E-state index in [1.165, 1.54) is 6.33 Å². The summed E-state index contributed by atoms with van der Waals surface area (Å²) in [4.78, 5) is 16.1. The van der Waals surface area contributed by atoms with E-state index < -0.39 is 0 Å². The Morgan fingerprint density at radius 1 is 1.47 bits per heavy atom. The lowest BCUT2D eigenvalue weighted by Crippen LogP contribution is -2.30. The average Bonchev–Trinajstić information content (AvgIpc) is 2.64. The molecule has 0 saturated heterocycles. The number of carbonyl (C=O) groups excluding carboxylic acids is 1. The maximum absolute atomic E-state index is 12.2. The van der Waals surface area contributed by atoms with Crippen LogP contribution in [0.5, 0.6) is 0 Å². The van der Waals surface area contributed by atoms with Gasteiger partial charge in [0.15, 0.2) is 5.78 Å². The quantitative estimate of drug-likeness (QED) is 0.764. The highest BCUT2D eigenvalue weighted by atomic mass is 16.1. The molecule has 1 heterocycles. The first kappa shape index (κ1) is 11.9. The van der Waals surface area contributed by atoms with E-state index >= 15 is 0 Å². The average molecular weight is 209 g/mol. The lowest BCUT2D eigenvalue weighted by molar-refractivity contribution is -0.130. The Morgan fingerprint density at radius 2 is 2.13 bits per heavy atom. The molecule has 0 radical (unpaired) electrons. The summed E-state index contributed by atoms with van der Waals surface area (Å²) in [7, 11) is 0. The first-order chi connectivity index (χ1) is 6.96. The van der Waals surface area contributed by atoms with Crippen molar-refractivity contribution in [2.24, 2.45) is 5.41 Å². The molecule has 0 bridgehead atoms. The minimum atomic E-state index is -0.328. The predicted molar refractivity (Wildman–Crippen MR) is 58.4 cm³/mol. The molecule has 0 aromatic carbocycles. The first-order valence-corrected chi connectivity index (χ1v) is 5.35. The van der Waals surface area contributed by atoms with Crippen LogP contribution in [0.2, 0.25) is 0 Å². The SMILES string of the molecule is CCCC(C(=O)C(C)(C)C)n1cncn1. The van der Waals surface area contributed by atoms with Gasteiger partial charge in [0.05, 0.1) is 0 Å². The lowest BCUT2D eigenvalue weighted by atomic mass is 9.85.